The Hall–Kier alpha value is -2.14. The predicted octanol–water partition coefficient (Wildman–Crippen LogP) is 4.54. The van der Waals surface area contributed by atoms with Gasteiger partial charge in [0, 0.05) is 55.4 Å². The average Bonchev–Trinajstić information content (AvgIpc) is 3.60. The van der Waals surface area contributed by atoms with Crippen molar-refractivity contribution in [3.8, 4) is 0 Å². The van der Waals surface area contributed by atoms with Crippen molar-refractivity contribution in [1.29, 1.82) is 0 Å². The molecule has 1 saturated heterocycles. The number of likely N-dealkylation sites (N-methyl/N-ethyl adjacent to an activating group) is 1. The molecule has 1 aromatic carbocycles. The van der Waals surface area contributed by atoms with Gasteiger partial charge < -0.3 is 14.2 Å². The number of ether oxygens (including phenoxy) is 1. The van der Waals surface area contributed by atoms with E-state index in [0.717, 1.165) is 44.8 Å². The van der Waals surface area contributed by atoms with Crippen molar-refractivity contribution in [1.82, 2.24) is 9.47 Å². The number of benzene rings is 1. The first-order chi connectivity index (χ1) is 15.5. The first-order valence-electron chi connectivity index (χ1n) is 12.5. The summed E-state index contributed by atoms with van der Waals surface area (Å²) in [4.78, 5) is 27.4. The minimum Gasteiger partial charge on any atom is -0.381 e. The third-order valence-electron chi connectivity index (χ3n) is 8.08. The van der Waals surface area contributed by atoms with Gasteiger partial charge >= 0.3 is 0 Å². The van der Waals surface area contributed by atoms with Crippen LogP contribution < -0.4 is 0 Å². The topological polar surface area (TPSA) is 51.5 Å². The van der Waals surface area contributed by atoms with Crippen molar-refractivity contribution >= 4 is 22.6 Å². The maximum atomic E-state index is 13.3. The molecule has 0 radical (unpaired) electrons. The lowest BCUT2D eigenvalue weighted by Gasteiger charge is -2.33. The van der Waals surface area contributed by atoms with Gasteiger partial charge in [0.2, 0.25) is 0 Å². The maximum Gasteiger partial charge on any atom is 0.254 e. The molecular formula is C27H36N2O3. The largest absolute Gasteiger partial charge is 0.381 e. The van der Waals surface area contributed by atoms with Crippen LogP contribution in [0.25, 0.3) is 10.9 Å². The average molecular weight is 437 g/mol. The lowest BCUT2D eigenvalue weighted by molar-refractivity contribution is -0.120. The van der Waals surface area contributed by atoms with Crippen molar-refractivity contribution in [3.05, 3.63) is 35.0 Å². The highest BCUT2D eigenvalue weighted by Crippen LogP contribution is 2.39. The quantitative estimate of drug-likeness (QED) is 0.640. The fourth-order valence-electron chi connectivity index (χ4n) is 5.96. The molecular weight excluding hydrogens is 400 g/mol. The van der Waals surface area contributed by atoms with Crippen LogP contribution >= 0.6 is 0 Å². The van der Waals surface area contributed by atoms with E-state index >= 15 is 0 Å². The summed E-state index contributed by atoms with van der Waals surface area (Å²) in [5.41, 5.74) is 4.79. The summed E-state index contributed by atoms with van der Waals surface area (Å²) in [6.45, 7) is 4.56. The second-order valence-corrected chi connectivity index (χ2v) is 10.2. The highest BCUT2D eigenvalue weighted by atomic mass is 16.5. The molecule has 0 N–H and O–H groups in total. The van der Waals surface area contributed by atoms with Gasteiger partial charge in [0.25, 0.3) is 5.91 Å². The molecule has 1 saturated carbocycles. The Bertz CT molecular complexity index is 1010. The number of carbonyl (C=O) groups excluding carboxylic acids is 2. The van der Waals surface area contributed by atoms with Crippen LogP contribution in [0.2, 0.25) is 0 Å². The maximum absolute atomic E-state index is 13.3. The molecule has 3 aliphatic rings. The number of carbonyl (C=O) groups is 2. The molecule has 2 heterocycles. The smallest absolute Gasteiger partial charge is 0.254 e. The van der Waals surface area contributed by atoms with Crippen molar-refractivity contribution < 1.29 is 14.3 Å². The second kappa shape index (κ2) is 9.01. The molecule has 172 valence electrons. The van der Waals surface area contributed by atoms with Crippen molar-refractivity contribution in [2.75, 3.05) is 26.3 Å². The van der Waals surface area contributed by atoms with Crippen LogP contribution in [0.3, 0.4) is 0 Å². The standard InChI is InChI=1S/C27H36N2O3/c1-3-29(17-22(30)14-18-4-5-18)27(31)21-7-9-26-24(16-21)23-15-20(6-8-25(23)28(26)2)19-10-12-32-13-11-19/h7,9,16,18-20H,3-6,8,10-15,17H2,1-2H3. The first kappa shape index (κ1) is 21.7. The number of Topliss-reactive ketones (excluding diaryl/α,β-unsaturated/α-hetero) is 1. The Morgan fingerprint density at radius 2 is 1.88 bits per heavy atom. The van der Waals surface area contributed by atoms with Crippen molar-refractivity contribution in [2.24, 2.45) is 24.8 Å². The Morgan fingerprint density at radius 3 is 2.59 bits per heavy atom. The van der Waals surface area contributed by atoms with E-state index in [0.29, 0.717) is 30.4 Å². The summed E-state index contributed by atoms with van der Waals surface area (Å²) < 4.78 is 7.92. The number of nitrogens with zero attached hydrogens (tertiary/aromatic N) is 2. The summed E-state index contributed by atoms with van der Waals surface area (Å²) >= 11 is 0. The van der Waals surface area contributed by atoms with Gasteiger partial charge in [-0.1, -0.05) is 0 Å². The van der Waals surface area contributed by atoms with Crippen LogP contribution in [0.1, 0.15) is 67.1 Å². The monoisotopic (exact) mass is 436 g/mol. The van der Waals surface area contributed by atoms with Gasteiger partial charge in [-0.25, -0.2) is 0 Å². The number of fused-ring (bicyclic) bond motifs is 3. The molecule has 0 spiro atoms. The van der Waals surface area contributed by atoms with E-state index in [-0.39, 0.29) is 18.2 Å². The molecule has 1 amide bonds. The summed E-state index contributed by atoms with van der Waals surface area (Å²) in [6, 6.07) is 6.14. The van der Waals surface area contributed by atoms with Gasteiger partial charge in [0.05, 0.1) is 6.54 Å². The minimum absolute atomic E-state index is 0.0204. The fraction of sp³-hybridized carbons (Fsp3) is 0.630. The number of rotatable bonds is 7. The molecule has 1 aromatic heterocycles. The van der Waals surface area contributed by atoms with E-state index in [4.69, 9.17) is 4.74 Å². The number of aryl methyl sites for hydroxylation is 1. The molecule has 1 aliphatic heterocycles. The molecule has 2 aliphatic carbocycles. The van der Waals surface area contributed by atoms with Crippen LogP contribution in [-0.4, -0.2) is 47.5 Å². The lowest BCUT2D eigenvalue weighted by atomic mass is 9.75. The Labute approximate surface area is 191 Å². The number of hydrogen-bond donors (Lipinski definition) is 0. The van der Waals surface area contributed by atoms with E-state index in [1.54, 1.807) is 4.90 Å². The summed E-state index contributed by atoms with van der Waals surface area (Å²) in [6.07, 6.45) is 8.77. The molecule has 0 bridgehead atoms. The van der Waals surface area contributed by atoms with Gasteiger partial charge in [-0.3, -0.25) is 9.59 Å². The summed E-state index contributed by atoms with van der Waals surface area (Å²) in [5.74, 6) is 2.20. The number of aromatic nitrogens is 1. The highest BCUT2D eigenvalue weighted by molar-refractivity contribution is 6.00. The molecule has 5 heteroatoms. The molecule has 2 aromatic rings. The van der Waals surface area contributed by atoms with Crippen molar-refractivity contribution in [2.45, 2.75) is 58.3 Å². The lowest BCUT2D eigenvalue weighted by Crippen LogP contribution is -2.35. The SMILES string of the molecule is CCN(CC(=O)CC1CC1)C(=O)c1ccc2c(c1)c1c(n2C)CCC(C2CCOCC2)C1. The molecule has 32 heavy (non-hydrogen) atoms. The van der Waals surface area contributed by atoms with E-state index in [1.165, 1.54) is 41.4 Å². The van der Waals surface area contributed by atoms with E-state index in [9.17, 15) is 9.59 Å². The van der Waals surface area contributed by atoms with Crippen LogP contribution in [0.5, 0.6) is 0 Å². The van der Waals surface area contributed by atoms with Gasteiger partial charge in [-0.2, -0.15) is 0 Å². The van der Waals surface area contributed by atoms with Crippen LogP contribution in [0, 0.1) is 17.8 Å². The van der Waals surface area contributed by atoms with Gasteiger partial charge in [-0.05, 0) is 93.4 Å². The predicted molar refractivity (Wildman–Crippen MR) is 126 cm³/mol. The third-order valence-corrected chi connectivity index (χ3v) is 8.08. The molecule has 5 rings (SSSR count). The molecule has 1 unspecified atom stereocenters. The Morgan fingerprint density at radius 1 is 1.09 bits per heavy atom. The molecule has 5 nitrogen and oxygen atoms in total. The zero-order chi connectivity index (χ0) is 22.2. The zero-order valence-corrected chi connectivity index (χ0v) is 19.6. The van der Waals surface area contributed by atoms with Crippen LogP contribution in [-0.2, 0) is 29.4 Å². The van der Waals surface area contributed by atoms with E-state index < -0.39 is 0 Å². The van der Waals surface area contributed by atoms with Gasteiger partial charge in [-0.15, -0.1) is 0 Å². The van der Waals surface area contributed by atoms with Crippen molar-refractivity contribution in [3.63, 3.8) is 0 Å². The molecule has 2 fully saturated rings. The van der Waals surface area contributed by atoms with Crippen LogP contribution in [0.4, 0.5) is 0 Å². The van der Waals surface area contributed by atoms with Gasteiger partial charge in [0.15, 0.2) is 5.78 Å². The summed E-state index contributed by atoms with van der Waals surface area (Å²) in [5, 5.41) is 1.23. The Kier molecular flexibility index (Phi) is 6.11. The number of amides is 1. The van der Waals surface area contributed by atoms with Crippen LogP contribution in [0.15, 0.2) is 18.2 Å². The van der Waals surface area contributed by atoms with E-state index in [1.807, 2.05) is 13.0 Å². The number of ketones is 1. The normalized spacial score (nSPS) is 21.5. The van der Waals surface area contributed by atoms with Gasteiger partial charge in [0.1, 0.15) is 0 Å². The molecule has 1 atom stereocenters. The third kappa shape index (κ3) is 4.24. The Balaban J connectivity index is 1.39. The fourth-order valence-corrected chi connectivity index (χ4v) is 5.96. The first-order valence-corrected chi connectivity index (χ1v) is 12.5. The van der Waals surface area contributed by atoms with E-state index in [2.05, 4.69) is 23.7 Å². The minimum atomic E-state index is -0.0204. The number of hydrogen-bond acceptors (Lipinski definition) is 3. The zero-order valence-electron chi connectivity index (χ0n) is 19.6. The summed E-state index contributed by atoms with van der Waals surface area (Å²) in [7, 11) is 2.16. The highest BCUT2D eigenvalue weighted by Gasteiger charge is 2.31. The second-order valence-electron chi connectivity index (χ2n) is 10.2.